The Bertz CT molecular complexity index is 7820. The minimum atomic E-state index is -4.96. The lowest BCUT2D eigenvalue weighted by Crippen LogP contribution is -2.25. The van der Waals surface area contributed by atoms with Gasteiger partial charge in [-0.3, -0.25) is 46.9 Å². The maximum absolute atomic E-state index is 15.0. The maximum atomic E-state index is 15.0. The third kappa shape index (κ3) is 19.6. The topological polar surface area (TPSA) is 407 Å². The van der Waals surface area contributed by atoms with E-state index in [4.69, 9.17) is 41.0 Å². The van der Waals surface area contributed by atoms with Gasteiger partial charge >= 0.3 is 15.6 Å². The number of nitrogens with two attached hydrogens (primary N) is 3. The average Bonchev–Trinajstić information content (AvgIpc) is 1.73. The van der Waals surface area contributed by atoms with Crippen LogP contribution in [0, 0.1) is 59.0 Å². The van der Waals surface area contributed by atoms with Crippen molar-refractivity contribution in [3.63, 3.8) is 0 Å². The number of para-hydroxylation sites is 3. The Morgan fingerprint density at radius 2 is 0.695 bits per heavy atom. The molecule has 0 radical (unpaired) electrons. The largest absolute Gasteiger partial charge is 0.530 e. The number of rotatable bonds is 20. The van der Waals surface area contributed by atoms with Gasteiger partial charge < -0.3 is 31.4 Å². The van der Waals surface area contributed by atoms with Crippen molar-refractivity contribution in [2.24, 2.45) is 0 Å². The zero-order chi connectivity index (χ0) is 93.4. The summed E-state index contributed by atoms with van der Waals surface area (Å²) in [4.78, 5) is 86.2. The molecule has 131 heavy (non-hydrogen) atoms. The van der Waals surface area contributed by atoms with E-state index in [9.17, 15) is 47.2 Å². The van der Waals surface area contributed by atoms with E-state index in [0.717, 1.165) is 85.2 Å². The molecule has 0 bridgehead atoms. The molecule has 0 saturated heterocycles. The number of phenols is 1. The highest BCUT2D eigenvalue weighted by Crippen LogP contribution is 2.50. The fourth-order valence-electron chi connectivity index (χ4n) is 15.7. The lowest BCUT2D eigenvalue weighted by Gasteiger charge is -2.17. The second-order valence-electron chi connectivity index (χ2n) is 31.8. The molecule has 0 saturated carbocycles. The van der Waals surface area contributed by atoms with Crippen molar-refractivity contribution in [1.29, 1.82) is 0 Å². The van der Waals surface area contributed by atoms with E-state index in [1.165, 1.54) is 54.0 Å². The Balaban J connectivity index is 0.000000147. The summed E-state index contributed by atoms with van der Waals surface area (Å²) in [6, 6.07) is 56.6. The number of nitrogens with zero attached hydrogens (tertiary/aromatic N) is 15. The molecule has 0 aliphatic rings. The van der Waals surface area contributed by atoms with Gasteiger partial charge in [-0.15, -0.1) is 15.3 Å². The number of pyridine rings is 3. The summed E-state index contributed by atoms with van der Waals surface area (Å²) in [6.45, 7) is 21.2. The molecule has 0 unspecified atom stereocenters. The SMILES string of the molecule is CCOP(=O)(OCC)Oc1cc(F)cc(-c2nn(Cc3cc4cccc(C)c4c(=O)n3-c3ccccc3C)c3ncnc(N)c23)c1.C[Si](C)(C)Br.Cc1ccccc1-n1c(Cn2nc(-c3cc(F)cc(OP(=O)(O)O)c3)c3c(N)ncnc32)cc2cccc(C)c2c1=O.Cc1ccccc1-n1c(Cn2nc(-c3cc(O)cc(F)c3)c3c(N)ncnc32)cc2cccc(C)c2c1=O. The summed E-state index contributed by atoms with van der Waals surface area (Å²) in [7, 11) is -8.97. The molecular weight excluding hydrogens is 1800 g/mol. The van der Waals surface area contributed by atoms with Crippen LogP contribution in [0.3, 0.4) is 0 Å². The average molecular weight is 1890 g/mol. The molecule has 9 aromatic heterocycles. The number of aryl methyl sites for hydroxylation is 6. The zero-order valence-corrected chi connectivity index (χ0v) is 77.1. The van der Waals surface area contributed by atoms with Crippen molar-refractivity contribution in [3.05, 3.63) is 318 Å². The van der Waals surface area contributed by atoms with Crippen LogP contribution in [0.15, 0.2) is 234 Å². The van der Waals surface area contributed by atoms with Crippen LogP contribution in [0.4, 0.5) is 30.6 Å². The molecular formula is C94H88BrF3N18O12P2Si. The smallest absolute Gasteiger partial charge is 0.508 e. The Kier molecular flexibility index (Phi) is 26.2. The zero-order valence-electron chi connectivity index (χ0n) is 72.7. The van der Waals surface area contributed by atoms with Gasteiger partial charge in [0.05, 0.1) is 82.2 Å². The summed E-state index contributed by atoms with van der Waals surface area (Å²) < 4.78 is 98.7. The van der Waals surface area contributed by atoms with E-state index in [0.29, 0.717) is 83.3 Å². The summed E-state index contributed by atoms with van der Waals surface area (Å²) in [5, 5.41) is 29.6. The summed E-state index contributed by atoms with van der Waals surface area (Å²) in [6.07, 6.45) is 3.92. The molecule has 0 amide bonds. The van der Waals surface area contributed by atoms with Crippen molar-refractivity contribution in [3.8, 4) is 68.1 Å². The molecule has 0 aliphatic heterocycles. The molecule has 30 nitrogen and oxygen atoms in total. The van der Waals surface area contributed by atoms with Crippen LogP contribution in [0.1, 0.15) is 64.3 Å². The molecule has 9 aromatic carbocycles. The first-order valence-electron chi connectivity index (χ1n) is 41.1. The van der Waals surface area contributed by atoms with Gasteiger partial charge in [-0.05, 0) is 178 Å². The monoisotopic (exact) mass is 1890 g/mol. The van der Waals surface area contributed by atoms with Gasteiger partial charge in [0, 0.05) is 52.0 Å². The van der Waals surface area contributed by atoms with Crippen LogP contribution in [0.2, 0.25) is 19.6 Å². The molecule has 0 aliphatic carbocycles. The normalized spacial score (nSPS) is 11.7. The first kappa shape index (κ1) is 91.6. The van der Waals surface area contributed by atoms with Crippen molar-refractivity contribution in [2.75, 3.05) is 30.4 Å². The Hall–Kier alpha value is -14.2. The molecule has 9 heterocycles. The molecule has 9 N–H and O–H groups in total. The van der Waals surface area contributed by atoms with Gasteiger partial charge in [-0.2, -0.15) is 15.3 Å². The summed E-state index contributed by atoms with van der Waals surface area (Å²) in [5.41, 5.74) is 30.4. The number of aromatic nitrogens is 15. The van der Waals surface area contributed by atoms with Crippen LogP contribution in [0.5, 0.6) is 17.2 Å². The summed E-state index contributed by atoms with van der Waals surface area (Å²) >= 11 is 3.51. The highest BCUT2D eigenvalue weighted by molar-refractivity contribution is 9.26. The highest BCUT2D eigenvalue weighted by Gasteiger charge is 2.31. The van der Waals surface area contributed by atoms with Crippen LogP contribution in [0.25, 0.3) is 116 Å². The fourth-order valence-corrected chi connectivity index (χ4v) is 17.3. The lowest BCUT2D eigenvalue weighted by atomic mass is 10.1. The number of anilines is 3. The highest BCUT2D eigenvalue weighted by atomic mass is 79.9. The molecule has 0 fully saturated rings. The van der Waals surface area contributed by atoms with Gasteiger partial charge in [0.1, 0.15) is 94.9 Å². The van der Waals surface area contributed by atoms with Gasteiger partial charge in [0.2, 0.25) is 0 Å². The van der Waals surface area contributed by atoms with E-state index >= 15 is 4.39 Å². The predicted octanol–water partition coefficient (Wildman–Crippen LogP) is 18.5. The Morgan fingerprint density at radius 1 is 0.397 bits per heavy atom. The maximum Gasteiger partial charge on any atom is 0.530 e. The number of fused-ring (bicyclic) bond motifs is 6. The van der Waals surface area contributed by atoms with Crippen LogP contribution in [-0.4, -0.2) is 108 Å². The molecule has 668 valence electrons. The standard InChI is InChI=1S/C33H32FN6O5P.C29H24FN6O5P.C29H23FN6O2.C3H9BrSi/c1-5-43-46(42,44-6-2)45-26-16-23(14-24(34)17-26)30-29-31(35)36-19-37-32(29)39(38-30)18-25-15-22-12-9-11-21(4)28(22)33(41)40(25)27-13-8-7-10-20(27)3;1-16-6-3-4-9-23(16)36-21(11-18-8-5-7-17(2)24(18)29(36)37)14-35-28-25(27(31)32-15-33-28)26(34-35)19-10-20(30)13-22(12-19)41-42(38,39)40;1-16-6-3-4-9-23(16)36-21(11-18-8-5-7-17(2)24(18)29(36)38)14-35-28-25(27(31)32-15-33-28)26(34-35)19-10-20(30)13-22(37)12-19;1-5(2,3)4/h7-17,19H,5-6,18H2,1-4H3,(H2,35,36,37);3-13,15H,14H2,1-2H3,(H2,31,32,33)(H2,38,39,40);3-13,15,37H,14H2,1-2H3,(H2,31,32,33);1-3H3. The van der Waals surface area contributed by atoms with Gasteiger partial charge in [-0.25, -0.2) is 66.3 Å². The number of phosphoric acid groups is 2. The molecule has 18 aromatic rings. The van der Waals surface area contributed by atoms with E-state index in [1.807, 2.05) is 187 Å². The van der Waals surface area contributed by atoms with Crippen LogP contribution < -0.4 is 42.9 Å². The molecule has 37 heteroatoms. The number of aromatic hydroxyl groups is 1. The number of hydrogen-bond acceptors (Lipinski definition) is 22. The van der Waals surface area contributed by atoms with Gasteiger partial charge in [0.25, 0.3) is 16.7 Å². The second kappa shape index (κ2) is 37.5. The fraction of sp³-hybridized carbons (Fsp3) is 0.170. The minimum absolute atomic E-state index is 0.0598. The van der Waals surface area contributed by atoms with E-state index in [-0.39, 0.29) is 101 Å². The third-order valence-corrected chi connectivity index (χ3v) is 23.2. The van der Waals surface area contributed by atoms with Crippen LogP contribution in [-0.2, 0) is 37.8 Å². The van der Waals surface area contributed by atoms with Crippen LogP contribution >= 0.6 is 30.9 Å². The van der Waals surface area contributed by atoms with E-state index in [1.54, 1.807) is 36.9 Å². The Labute approximate surface area is 755 Å². The number of phosphoric ester groups is 2. The first-order valence-corrected chi connectivity index (χ1v) is 49.8. The predicted molar refractivity (Wildman–Crippen MR) is 508 cm³/mol. The van der Waals surface area contributed by atoms with E-state index in [2.05, 4.69) is 74.5 Å². The first-order chi connectivity index (χ1) is 62.4. The number of nitrogen functional groups attached to an aromatic ring is 3. The number of hydrogen-bond donors (Lipinski definition) is 6. The third-order valence-electron chi connectivity index (χ3n) is 21.1. The summed E-state index contributed by atoms with van der Waals surface area (Å²) in [5.74, 6) is -2.47. The number of benzene rings is 9. The molecule has 0 atom stereocenters. The van der Waals surface area contributed by atoms with Crippen molar-refractivity contribution in [1.82, 2.24) is 72.9 Å². The van der Waals surface area contributed by atoms with E-state index < -0.39 is 45.5 Å². The van der Waals surface area contributed by atoms with Crippen molar-refractivity contribution >= 4 is 121 Å². The minimum Gasteiger partial charge on any atom is -0.508 e. The number of halogens is 4. The lowest BCUT2D eigenvalue weighted by molar-refractivity contribution is 0.167. The van der Waals surface area contributed by atoms with Crippen molar-refractivity contribution < 1.29 is 55.3 Å². The second-order valence-corrected chi connectivity index (χ2v) is 45.8. The Morgan fingerprint density at radius 3 is 1.00 bits per heavy atom. The quantitative estimate of drug-likeness (QED) is 0.0234. The number of phenolic OH excluding ortho intramolecular Hbond substituents is 1. The molecule has 0 spiro atoms. The van der Waals surface area contributed by atoms with Crippen molar-refractivity contribution in [2.45, 2.75) is 94.7 Å². The van der Waals surface area contributed by atoms with Gasteiger partial charge in [0.15, 0.2) is 16.9 Å². The molecule has 18 rings (SSSR count). The van der Waals surface area contributed by atoms with Gasteiger partial charge in [-0.1, -0.05) is 129 Å².